The van der Waals surface area contributed by atoms with Crippen LogP contribution in [0.5, 0.6) is 0 Å². The lowest BCUT2D eigenvalue weighted by Gasteiger charge is -2.14. The number of unbranched alkanes of at least 4 members (excludes halogenated alkanes) is 5. The second-order valence-corrected chi connectivity index (χ2v) is 5.93. The first kappa shape index (κ1) is 16.8. The van der Waals surface area contributed by atoms with Crippen LogP contribution in [0.25, 0.3) is 0 Å². The summed E-state index contributed by atoms with van der Waals surface area (Å²) in [5.41, 5.74) is 1.19. The smallest absolute Gasteiger partial charge is 0.0595 e. The summed E-state index contributed by atoms with van der Waals surface area (Å²) in [6, 6.07) is 6.17. The van der Waals surface area contributed by atoms with Gasteiger partial charge in [-0.15, -0.1) is 0 Å². The maximum Gasteiger partial charge on any atom is 0.0595 e. The molecule has 1 unspecified atom stereocenters. The van der Waals surface area contributed by atoms with Crippen molar-refractivity contribution in [2.75, 3.05) is 6.54 Å². The molecule has 0 aromatic heterocycles. The Balaban J connectivity index is 2.20. The van der Waals surface area contributed by atoms with Gasteiger partial charge in [-0.1, -0.05) is 68.3 Å². The largest absolute Gasteiger partial charge is 0.310 e. The molecule has 0 amide bonds. The van der Waals surface area contributed by atoms with Gasteiger partial charge < -0.3 is 5.32 Å². The van der Waals surface area contributed by atoms with Crippen molar-refractivity contribution in [3.05, 3.63) is 33.8 Å². The lowest BCUT2D eigenvalue weighted by Crippen LogP contribution is -2.19. The summed E-state index contributed by atoms with van der Waals surface area (Å²) >= 11 is 12.0. The molecule has 0 radical (unpaired) electrons. The molecular weight excluding hydrogens is 277 g/mol. The number of halogens is 2. The fraction of sp³-hybridized carbons (Fsp3) is 0.625. The molecule has 0 aliphatic rings. The van der Waals surface area contributed by atoms with E-state index in [1.165, 1.54) is 44.1 Å². The van der Waals surface area contributed by atoms with Gasteiger partial charge in [0.05, 0.1) is 10.0 Å². The third-order valence-corrected chi connectivity index (χ3v) is 4.16. The molecule has 1 aromatic rings. The molecule has 19 heavy (non-hydrogen) atoms. The van der Waals surface area contributed by atoms with Crippen LogP contribution in [0.15, 0.2) is 18.2 Å². The van der Waals surface area contributed by atoms with Crippen molar-refractivity contribution in [3.8, 4) is 0 Å². The normalized spacial score (nSPS) is 12.6. The van der Waals surface area contributed by atoms with Crippen LogP contribution in [0.3, 0.4) is 0 Å². The van der Waals surface area contributed by atoms with E-state index in [9.17, 15) is 0 Å². The van der Waals surface area contributed by atoms with Crippen LogP contribution in [0.1, 0.15) is 64.0 Å². The van der Waals surface area contributed by atoms with Gasteiger partial charge in [0.15, 0.2) is 0 Å². The lowest BCUT2D eigenvalue weighted by molar-refractivity contribution is 0.527. The topological polar surface area (TPSA) is 12.0 Å². The number of hydrogen-bond acceptors (Lipinski definition) is 1. The van der Waals surface area contributed by atoms with Gasteiger partial charge >= 0.3 is 0 Å². The van der Waals surface area contributed by atoms with Gasteiger partial charge in [0.1, 0.15) is 0 Å². The maximum atomic E-state index is 6.03. The Morgan fingerprint density at radius 3 is 2.37 bits per heavy atom. The minimum Gasteiger partial charge on any atom is -0.310 e. The molecule has 0 heterocycles. The van der Waals surface area contributed by atoms with Gasteiger partial charge in [-0.05, 0) is 37.6 Å². The number of rotatable bonds is 9. The summed E-state index contributed by atoms with van der Waals surface area (Å²) in [6.07, 6.45) is 7.98. The number of hydrogen-bond donors (Lipinski definition) is 1. The zero-order valence-electron chi connectivity index (χ0n) is 12.0. The molecule has 0 spiro atoms. The highest BCUT2D eigenvalue weighted by Crippen LogP contribution is 2.25. The first-order valence-electron chi connectivity index (χ1n) is 7.33. The van der Waals surface area contributed by atoms with E-state index >= 15 is 0 Å². The fourth-order valence-corrected chi connectivity index (χ4v) is 2.43. The van der Waals surface area contributed by atoms with Crippen LogP contribution >= 0.6 is 23.2 Å². The predicted molar refractivity (Wildman–Crippen MR) is 86.3 cm³/mol. The molecule has 3 heteroatoms. The molecular formula is C16H25Cl2N. The van der Waals surface area contributed by atoms with Gasteiger partial charge in [0, 0.05) is 6.04 Å². The van der Waals surface area contributed by atoms with E-state index in [1.807, 2.05) is 18.2 Å². The molecule has 1 aromatic carbocycles. The predicted octanol–water partition coefficient (Wildman–Crippen LogP) is 6.00. The minimum atomic E-state index is 0.324. The van der Waals surface area contributed by atoms with Crippen LogP contribution in [0.2, 0.25) is 10.0 Å². The van der Waals surface area contributed by atoms with E-state index < -0.39 is 0 Å². The van der Waals surface area contributed by atoms with E-state index in [-0.39, 0.29) is 0 Å². The van der Waals surface area contributed by atoms with Crippen LogP contribution in [-0.2, 0) is 0 Å². The summed E-state index contributed by atoms with van der Waals surface area (Å²) < 4.78 is 0. The highest BCUT2D eigenvalue weighted by molar-refractivity contribution is 6.42. The molecule has 0 bridgehead atoms. The average molecular weight is 302 g/mol. The summed E-state index contributed by atoms with van der Waals surface area (Å²) in [5, 5.41) is 4.79. The van der Waals surface area contributed by atoms with Crippen LogP contribution in [0.4, 0.5) is 0 Å². The lowest BCUT2D eigenvalue weighted by atomic mass is 10.1. The SMILES string of the molecule is CCCCCCCCNC(C)c1ccc(Cl)c(Cl)c1. The Labute approximate surface area is 127 Å². The van der Waals surface area contributed by atoms with Crippen LogP contribution < -0.4 is 5.32 Å². The van der Waals surface area contributed by atoms with Gasteiger partial charge in [-0.3, -0.25) is 0 Å². The quantitative estimate of drug-likeness (QED) is 0.551. The Hall–Kier alpha value is -0.240. The van der Waals surface area contributed by atoms with E-state index in [2.05, 4.69) is 19.2 Å². The standard InChI is InChI=1S/C16H25Cl2N/c1-3-4-5-6-7-8-11-19-13(2)14-9-10-15(17)16(18)12-14/h9-10,12-13,19H,3-8,11H2,1-2H3. The Morgan fingerprint density at radius 1 is 1.00 bits per heavy atom. The summed E-state index contributed by atoms with van der Waals surface area (Å²) in [6.45, 7) is 5.48. The van der Waals surface area contributed by atoms with Crippen LogP contribution in [-0.4, -0.2) is 6.54 Å². The molecule has 1 N–H and O–H groups in total. The first-order valence-corrected chi connectivity index (χ1v) is 8.09. The van der Waals surface area contributed by atoms with Crippen molar-refractivity contribution in [3.63, 3.8) is 0 Å². The zero-order valence-corrected chi connectivity index (χ0v) is 13.5. The van der Waals surface area contributed by atoms with Gasteiger partial charge in [0.2, 0.25) is 0 Å². The van der Waals surface area contributed by atoms with Gasteiger partial charge in [-0.25, -0.2) is 0 Å². The van der Waals surface area contributed by atoms with E-state index in [1.54, 1.807) is 0 Å². The Morgan fingerprint density at radius 2 is 1.68 bits per heavy atom. The van der Waals surface area contributed by atoms with Gasteiger partial charge in [-0.2, -0.15) is 0 Å². The zero-order chi connectivity index (χ0) is 14.1. The maximum absolute atomic E-state index is 6.03. The second-order valence-electron chi connectivity index (χ2n) is 5.12. The van der Waals surface area contributed by atoms with Crippen molar-refractivity contribution >= 4 is 23.2 Å². The summed E-state index contributed by atoms with van der Waals surface area (Å²) in [7, 11) is 0. The summed E-state index contributed by atoms with van der Waals surface area (Å²) in [5.74, 6) is 0. The highest BCUT2D eigenvalue weighted by atomic mass is 35.5. The molecule has 108 valence electrons. The van der Waals surface area contributed by atoms with Crippen molar-refractivity contribution in [2.45, 2.75) is 58.4 Å². The fourth-order valence-electron chi connectivity index (χ4n) is 2.12. The van der Waals surface area contributed by atoms with Crippen molar-refractivity contribution < 1.29 is 0 Å². The molecule has 1 nitrogen and oxygen atoms in total. The van der Waals surface area contributed by atoms with E-state index in [0.717, 1.165) is 6.54 Å². The average Bonchev–Trinajstić information content (AvgIpc) is 2.40. The monoisotopic (exact) mass is 301 g/mol. The molecule has 1 rings (SSSR count). The minimum absolute atomic E-state index is 0.324. The summed E-state index contributed by atoms with van der Waals surface area (Å²) in [4.78, 5) is 0. The molecule has 0 fully saturated rings. The van der Waals surface area contributed by atoms with E-state index in [4.69, 9.17) is 23.2 Å². The van der Waals surface area contributed by atoms with Crippen molar-refractivity contribution in [1.82, 2.24) is 5.32 Å². The molecule has 0 aliphatic carbocycles. The van der Waals surface area contributed by atoms with Crippen LogP contribution in [0, 0.1) is 0 Å². The Kier molecular flexibility index (Phi) is 8.52. The van der Waals surface area contributed by atoms with Crippen molar-refractivity contribution in [1.29, 1.82) is 0 Å². The Bertz CT molecular complexity index is 366. The third-order valence-electron chi connectivity index (χ3n) is 3.42. The number of nitrogens with one attached hydrogen (secondary N) is 1. The highest BCUT2D eigenvalue weighted by Gasteiger charge is 2.06. The second kappa shape index (κ2) is 9.63. The molecule has 0 saturated carbocycles. The van der Waals surface area contributed by atoms with E-state index in [0.29, 0.717) is 16.1 Å². The molecule has 0 aliphatic heterocycles. The molecule has 0 saturated heterocycles. The third kappa shape index (κ3) is 6.65. The van der Waals surface area contributed by atoms with Crippen molar-refractivity contribution in [2.24, 2.45) is 0 Å². The number of benzene rings is 1. The molecule has 1 atom stereocenters. The first-order chi connectivity index (χ1) is 9.15. The van der Waals surface area contributed by atoms with Gasteiger partial charge in [0.25, 0.3) is 0 Å².